The summed E-state index contributed by atoms with van der Waals surface area (Å²) in [5.41, 5.74) is 6.27. The molecule has 1 aromatic rings. The first kappa shape index (κ1) is 20.8. The van der Waals surface area contributed by atoms with Gasteiger partial charge < -0.3 is 21.3 Å². The smallest absolute Gasteiger partial charge is 0.369 e. The molecule has 0 radical (unpaired) electrons. The summed E-state index contributed by atoms with van der Waals surface area (Å²) in [4.78, 5) is 21.8. The van der Waals surface area contributed by atoms with E-state index >= 15 is 0 Å². The summed E-state index contributed by atoms with van der Waals surface area (Å²) < 4.78 is 36.8. The lowest BCUT2D eigenvalue weighted by Gasteiger charge is -2.32. The van der Waals surface area contributed by atoms with Crippen molar-refractivity contribution >= 4 is 17.7 Å². The maximum absolute atomic E-state index is 12.3. The highest BCUT2D eigenvalue weighted by molar-refractivity contribution is 5.79. The summed E-state index contributed by atoms with van der Waals surface area (Å²) in [7, 11) is 1.50. The van der Waals surface area contributed by atoms with Gasteiger partial charge in [0.05, 0.1) is 6.42 Å². The number of pyridine rings is 1. The van der Waals surface area contributed by atoms with Crippen LogP contribution in [-0.2, 0) is 11.3 Å². The molecular weight excluding hydrogens is 361 g/mol. The summed E-state index contributed by atoms with van der Waals surface area (Å²) in [5.74, 6) is 0.703. The molecule has 2 rings (SSSR count). The van der Waals surface area contributed by atoms with Crippen molar-refractivity contribution in [3.05, 3.63) is 23.9 Å². The third-order valence-electron chi connectivity index (χ3n) is 4.44. The first-order valence-corrected chi connectivity index (χ1v) is 8.79. The van der Waals surface area contributed by atoms with Gasteiger partial charge in [-0.1, -0.05) is 6.07 Å². The Morgan fingerprint density at radius 3 is 2.67 bits per heavy atom. The Morgan fingerprint density at radius 2 is 2.07 bits per heavy atom. The highest BCUT2D eigenvalue weighted by Gasteiger charge is 2.27. The molecule has 0 bridgehead atoms. The van der Waals surface area contributed by atoms with E-state index in [-0.39, 0.29) is 18.4 Å². The van der Waals surface area contributed by atoms with Crippen molar-refractivity contribution in [2.75, 3.05) is 31.6 Å². The van der Waals surface area contributed by atoms with Gasteiger partial charge in [0.15, 0.2) is 5.96 Å². The van der Waals surface area contributed by atoms with Crippen LogP contribution in [0.15, 0.2) is 23.3 Å². The van der Waals surface area contributed by atoms with Crippen molar-refractivity contribution in [2.24, 2.45) is 16.6 Å². The number of halogens is 3. The number of rotatable bonds is 6. The summed E-state index contributed by atoms with van der Waals surface area (Å²) >= 11 is 0. The van der Waals surface area contributed by atoms with E-state index in [1.807, 2.05) is 6.07 Å². The normalized spacial score (nSPS) is 16.3. The molecule has 0 saturated carbocycles. The summed E-state index contributed by atoms with van der Waals surface area (Å²) in [6.07, 6.45) is -2.09. The zero-order valence-corrected chi connectivity index (χ0v) is 15.2. The van der Waals surface area contributed by atoms with Crippen molar-refractivity contribution < 1.29 is 18.0 Å². The van der Waals surface area contributed by atoms with Crippen LogP contribution in [0.1, 0.15) is 24.8 Å². The minimum absolute atomic E-state index is 0.108. The number of hydrogen-bond donors (Lipinski definition) is 3. The molecule has 1 amide bonds. The SMILES string of the molecule is CN=C(NCCC(F)(F)F)NCc1cccnc1N1CCC(C(N)=O)CC1. The maximum atomic E-state index is 12.3. The fraction of sp³-hybridized carbons (Fsp3) is 0.588. The zero-order chi connectivity index (χ0) is 19.9. The molecule has 0 spiro atoms. The molecule has 150 valence electrons. The quantitative estimate of drug-likeness (QED) is 0.507. The van der Waals surface area contributed by atoms with Crippen LogP contribution in [0.3, 0.4) is 0 Å². The number of aliphatic imine (C=N–C) groups is 1. The van der Waals surface area contributed by atoms with Crippen LogP contribution in [-0.4, -0.2) is 49.7 Å². The minimum atomic E-state index is -4.21. The van der Waals surface area contributed by atoms with Gasteiger partial charge in [-0.2, -0.15) is 13.2 Å². The van der Waals surface area contributed by atoms with Crippen molar-refractivity contribution in [1.82, 2.24) is 15.6 Å². The number of amides is 1. The van der Waals surface area contributed by atoms with E-state index in [1.54, 1.807) is 12.3 Å². The number of alkyl halides is 3. The Morgan fingerprint density at radius 1 is 1.37 bits per heavy atom. The van der Waals surface area contributed by atoms with Crippen LogP contribution >= 0.6 is 0 Å². The Balaban J connectivity index is 1.92. The van der Waals surface area contributed by atoms with Crippen LogP contribution in [0.25, 0.3) is 0 Å². The third kappa shape index (κ3) is 6.61. The molecule has 0 aliphatic carbocycles. The Hall–Kier alpha value is -2.52. The molecule has 1 fully saturated rings. The number of primary amides is 1. The lowest BCUT2D eigenvalue weighted by Crippen LogP contribution is -2.40. The fourth-order valence-corrected chi connectivity index (χ4v) is 2.95. The van der Waals surface area contributed by atoms with Gasteiger partial charge in [0.25, 0.3) is 0 Å². The molecule has 1 aromatic heterocycles. The Labute approximate surface area is 156 Å². The molecule has 10 heteroatoms. The summed E-state index contributed by atoms with van der Waals surface area (Å²) in [6, 6.07) is 3.70. The van der Waals surface area contributed by atoms with Gasteiger partial charge in [-0.15, -0.1) is 0 Å². The number of guanidine groups is 1. The van der Waals surface area contributed by atoms with Crippen LogP contribution in [0.5, 0.6) is 0 Å². The van der Waals surface area contributed by atoms with Crippen molar-refractivity contribution in [1.29, 1.82) is 0 Å². The molecular formula is C17H25F3N6O. The number of nitrogens with one attached hydrogen (secondary N) is 2. The van der Waals surface area contributed by atoms with Crippen LogP contribution < -0.4 is 21.3 Å². The second kappa shape index (κ2) is 9.43. The van der Waals surface area contributed by atoms with Crippen molar-refractivity contribution in [3.63, 3.8) is 0 Å². The van der Waals surface area contributed by atoms with E-state index < -0.39 is 12.6 Å². The van der Waals surface area contributed by atoms with E-state index in [1.165, 1.54) is 7.05 Å². The molecule has 2 heterocycles. The number of nitrogens with zero attached hydrogens (tertiary/aromatic N) is 3. The molecule has 0 atom stereocenters. The lowest BCUT2D eigenvalue weighted by molar-refractivity contribution is -0.132. The van der Waals surface area contributed by atoms with Gasteiger partial charge in [0.2, 0.25) is 5.91 Å². The highest BCUT2D eigenvalue weighted by Crippen LogP contribution is 2.24. The van der Waals surface area contributed by atoms with Crippen LogP contribution in [0.2, 0.25) is 0 Å². The molecule has 0 unspecified atom stereocenters. The monoisotopic (exact) mass is 386 g/mol. The zero-order valence-electron chi connectivity index (χ0n) is 15.2. The van der Waals surface area contributed by atoms with E-state index in [4.69, 9.17) is 5.73 Å². The van der Waals surface area contributed by atoms with E-state index in [0.717, 1.165) is 11.4 Å². The molecule has 1 saturated heterocycles. The largest absolute Gasteiger partial charge is 0.390 e. The van der Waals surface area contributed by atoms with Gasteiger partial charge >= 0.3 is 6.18 Å². The van der Waals surface area contributed by atoms with Crippen LogP contribution in [0.4, 0.5) is 19.0 Å². The molecule has 0 aromatic carbocycles. The lowest BCUT2D eigenvalue weighted by atomic mass is 9.96. The van der Waals surface area contributed by atoms with Crippen molar-refractivity contribution in [3.8, 4) is 0 Å². The van der Waals surface area contributed by atoms with E-state index in [9.17, 15) is 18.0 Å². The van der Waals surface area contributed by atoms with Gasteiger partial charge in [0.1, 0.15) is 5.82 Å². The Kier molecular flexibility index (Phi) is 7.26. The van der Waals surface area contributed by atoms with E-state index in [0.29, 0.717) is 38.4 Å². The third-order valence-corrected chi connectivity index (χ3v) is 4.44. The fourth-order valence-electron chi connectivity index (χ4n) is 2.95. The maximum Gasteiger partial charge on any atom is 0.390 e. The molecule has 1 aliphatic rings. The van der Waals surface area contributed by atoms with E-state index in [2.05, 4.69) is 25.5 Å². The minimum Gasteiger partial charge on any atom is -0.369 e. The number of nitrogens with two attached hydrogens (primary N) is 1. The summed E-state index contributed by atoms with van der Waals surface area (Å²) in [6.45, 7) is 1.47. The average Bonchev–Trinajstić information content (AvgIpc) is 2.64. The predicted molar refractivity (Wildman–Crippen MR) is 97.2 cm³/mol. The second-order valence-corrected chi connectivity index (χ2v) is 6.37. The Bertz CT molecular complexity index is 656. The number of anilines is 1. The summed E-state index contributed by atoms with van der Waals surface area (Å²) in [5, 5.41) is 5.66. The number of carbonyl (C=O) groups excluding carboxylic acids is 1. The first-order valence-electron chi connectivity index (χ1n) is 8.79. The van der Waals surface area contributed by atoms with Gasteiger partial charge in [-0.05, 0) is 18.9 Å². The molecule has 27 heavy (non-hydrogen) atoms. The topological polar surface area (TPSA) is 95.6 Å². The average molecular weight is 386 g/mol. The van der Waals surface area contributed by atoms with Crippen LogP contribution in [0, 0.1) is 5.92 Å². The highest BCUT2D eigenvalue weighted by atomic mass is 19.4. The molecule has 1 aliphatic heterocycles. The van der Waals surface area contributed by atoms with Gasteiger partial charge in [-0.3, -0.25) is 9.79 Å². The predicted octanol–water partition coefficient (Wildman–Crippen LogP) is 1.40. The van der Waals surface area contributed by atoms with Crippen molar-refractivity contribution in [2.45, 2.75) is 32.0 Å². The molecule has 7 nitrogen and oxygen atoms in total. The standard InChI is InChI=1S/C17H25F3N6O/c1-22-16(24-8-6-17(18,19)20)25-11-13-3-2-7-23-15(13)26-9-4-12(5-10-26)14(21)27/h2-3,7,12H,4-6,8-11H2,1H3,(H2,21,27)(H2,22,24,25). The second-order valence-electron chi connectivity index (χ2n) is 6.37. The van der Waals surface area contributed by atoms with Gasteiger partial charge in [0, 0.05) is 50.9 Å². The molecule has 4 N–H and O–H groups in total. The number of carbonyl (C=O) groups is 1. The number of aromatic nitrogens is 1. The first-order chi connectivity index (χ1) is 12.8. The van der Waals surface area contributed by atoms with Gasteiger partial charge in [-0.25, -0.2) is 4.98 Å². The number of piperidine rings is 1. The number of hydrogen-bond acceptors (Lipinski definition) is 4.